The second-order valence-corrected chi connectivity index (χ2v) is 3.23. The summed E-state index contributed by atoms with van der Waals surface area (Å²) in [7, 11) is 2.22. The van der Waals surface area contributed by atoms with E-state index in [4.69, 9.17) is 0 Å². The molecule has 0 aromatic carbocycles. The normalized spacial score (nSPS) is 22.8. The van der Waals surface area contributed by atoms with Crippen molar-refractivity contribution in [1.29, 1.82) is 0 Å². The van der Waals surface area contributed by atoms with Crippen molar-refractivity contribution in [1.82, 2.24) is 10.2 Å². The zero-order valence-electron chi connectivity index (χ0n) is 7.22. The van der Waals surface area contributed by atoms with Crippen molar-refractivity contribution in [3.8, 4) is 0 Å². The third-order valence-electron chi connectivity index (χ3n) is 2.62. The first-order chi connectivity index (χ1) is 4.75. The van der Waals surface area contributed by atoms with Crippen LogP contribution in [0.3, 0.4) is 0 Å². The van der Waals surface area contributed by atoms with Crippen molar-refractivity contribution in [2.45, 2.75) is 32.4 Å². The van der Waals surface area contributed by atoms with Gasteiger partial charge in [-0.2, -0.15) is 0 Å². The van der Waals surface area contributed by atoms with Crippen molar-refractivity contribution in [3.05, 3.63) is 0 Å². The molecule has 0 aromatic rings. The molecule has 2 nitrogen and oxygen atoms in total. The fraction of sp³-hybridized carbons (Fsp3) is 1.00. The monoisotopic (exact) mass is 142 g/mol. The van der Waals surface area contributed by atoms with Gasteiger partial charge in [-0.1, -0.05) is 6.92 Å². The summed E-state index contributed by atoms with van der Waals surface area (Å²) in [5.41, 5.74) is 0. The van der Waals surface area contributed by atoms with E-state index in [1.807, 2.05) is 0 Å². The second-order valence-electron chi connectivity index (χ2n) is 3.23. The van der Waals surface area contributed by atoms with E-state index in [1.54, 1.807) is 0 Å². The predicted octanol–water partition coefficient (Wildman–Crippen LogP) is 0.688. The van der Waals surface area contributed by atoms with Gasteiger partial charge in [0.2, 0.25) is 0 Å². The van der Waals surface area contributed by atoms with Crippen molar-refractivity contribution < 1.29 is 0 Å². The molecule has 1 fully saturated rings. The molecule has 1 aliphatic rings. The van der Waals surface area contributed by atoms with Crippen LogP contribution in [0.15, 0.2) is 0 Å². The van der Waals surface area contributed by atoms with E-state index in [9.17, 15) is 0 Å². The van der Waals surface area contributed by atoms with Crippen LogP contribution >= 0.6 is 0 Å². The summed E-state index contributed by atoms with van der Waals surface area (Å²) in [6.07, 6.45) is 1.26. The Bertz CT molecular complexity index is 94.7. The second kappa shape index (κ2) is 3.35. The highest BCUT2D eigenvalue weighted by Gasteiger charge is 2.23. The maximum absolute atomic E-state index is 3.28. The van der Waals surface area contributed by atoms with Gasteiger partial charge >= 0.3 is 0 Å². The van der Waals surface area contributed by atoms with Gasteiger partial charge in [-0.15, -0.1) is 0 Å². The Kier molecular flexibility index (Phi) is 2.69. The average molecular weight is 142 g/mol. The van der Waals surface area contributed by atoms with Gasteiger partial charge < -0.3 is 5.32 Å². The highest BCUT2D eigenvalue weighted by molar-refractivity contribution is 4.84. The van der Waals surface area contributed by atoms with Crippen LogP contribution in [0.2, 0.25) is 0 Å². The van der Waals surface area contributed by atoms with E-state index >= 15 is 0 Å². The molecule has 0 aliphatic carbocycles. The molecule has 1 saturated heterocycles. The fourth-order valence-electron chi connectivity index (χ4n) is 1.21. The Morgan fingerprint density at radius 1 is 1.60 bits per heavy atom. The first kappa shape index (κ1) is 8.02. The lowest BCUT2D eigenvalue weighted by Gasteiger charge is -2.39. The summed E-state index contributed by atoms with van der Waals surface area (Å²) in [6, 6.07) is 1.54. The molecule has 1 aliphatic heterocycles. The number of rotatable bonds is 3. The summed E-state index contributed by atoms with van der Waals surface area (Å²) in [4.78, 5) is 2.47. The van der Waals surface area contributed by atoms with E-state index in [-0.39, 0.29) is 0 Å². The van der Waals surface area contributed by atoms with E-state index in [0.717, 1.165) is 12.1 Å². The van der Waals surface area contributed by atoms with Crippen LogP contribution in [0.5, 0.6) is 0 Å². The predicted molar refractivity (Wildman–Crippen MR) is 44.2 cm³/mol. The van der Waals surface area contributed by atoms with Crippen LogP contribution in [-0.4, -0.2) is 37.1 Å². The molecule has 10 heavy (non-hydrogen) atoms. The van der Waals surface area contributed by atoms with E-state index in [2.05, 4.69) is 31.1 Å². The molecule has 0 saturated carbocycles. The Balaban J connectivity index is 2.24. The average Bonchev–Trinajstić information content (AvgIpc) is 1.82. The van der Waals surface area contributed by atoms with Gasteiger partial charge in [-0.3, -0.25) is 4.90 Å². The van der Waals surface area contributed by atoms with Gasteiger partial charge in [0.1, 0.15) is 0 Å². The molecule has 1 atom stereocenters. The quantitative estimate of drug-likeness (QED) is 0.623. The van der Waals surface area contributed by atoms with Crippen molar-refractivity contribution in [2.75, 3.05) is 20.1 Å². The third-order valence-corrected chi connectivity index (χ3v) is 2.62. The summed E-state index contributed by atoms with van der Waals surface area (Å²) in [5, 5.41) is 3.28. The molecule has 2 heteroatoms. The largest absolute Gasteiger partial charge is 0.314 e. The lowest BCUT2D eigenvalue weighted by Crippen LogP contribution is -2.57. The molecular weight excluding hydrogens is 124 g/mol. The maximum atomic E-state index is 3.28. The minimum Gasteiger partial charge on any atom is -0.314 e. The zero-order chi connectivity index (χ0) is 7.56. The molecule has 1 N–H and O–H groups in total. The van der Waals surface area contributed by atoms with Crippen LogP contribution in [-0.2, 0) is 0 Å². The number of nitrogens with one attached hydrogen (secondary N) is 1. The first-order valence-electron chi connectivity index (χ1n) is 4.18. The molecule has 0 amide bonds. The molecule has 1 unspecified atom stereocenters. The third kappa shape index (κ3) is 1.50. The lowest BCUT2D eigenvalue weighted by molar-refractivity contribution is 0.133. The van der Waals surface area contributed by atoms with Crippen molar-refractivity contribution >= 4 is 0 Å². The lowest BCUT2D eigenvalue weighted by atomic mass is 10.1. The van der Waals surface area contributed by atoms with Gasteiger partial charge in [0.05, 0.1) is 0 Å². The zero-order valence-corrected chi connectivity index (χ0v) is 7.22. The Morgan fingerprint density at radius 2 is 2.20 bits per heavy atom. The van der Waals surface area contributed by atoms with E-state index < -0.39 is 0 Å². The van der Waals surface area contributed by atoms with Crippen LogP contribution in [0.1, 0.15) is 20.3 Å². The standard InChI is InChI=1S/C8H18N2/c1-4-7(2)10(3)8-5-9-6-8/h7-9H,4-6H2,1-3H3. The molecule has 1 rings (SSSR count). The Morgan fingerprint density at radius 3 is 2.50 bits per heavy atom. The molecule has 0 spiro atoms. The van der Waals surface area contributed by atoms with Crippen molar-refractivity contribution in [3.63, 3.8) is 0 Å². The van der Waals surface area contributed by atoms with Crippen LogP contribution in [0.25, 0.3) is 0 Å². The van der Waals surface area contributed by atoms with Gasteiger partial charge in [0, 0.05) is 25.2 Å². The summed E-state index contributed by atoms with van der Waals surface area (Å²) >= 11 is 0. The number of hydrogen-bond acceptors (Lipinski definition) is 2. The molecular formula is C8H18N2. The number of hydrogen-bond donors (Lipinski definition) is 1. The molecule has 60 valence electrons. The van der Waals surface area contributed by atoms with E-state index in [0.29, 0.717) is 0 Å². The summed E-state index contributed by atoms with van der Waals surface area (Å²) in [5.74, 6) is 0. The van der Waals surface area contributed by atoms with Crippen LogP contribution in [0.4, 0.5) is 0 Å². The van der Waals surface area contributed by atoms with Crippen LogP contribution < -0.4 is 5.32 Å². The first-order valence-corrected chi connectivity index (χ1v) is 4.18. The van der Waals surface area contributed by atoms with E-state index in [1.165, 1.54) is 19.5 Å². The van der Waals surface area contributed by atoms with Gasteiger partial charge in [-0.25, -0.2) is 0 Å². The highest BCUT2D eigenvalue weighted by Crippen LogP contribution is 2.08. The van der Waals surface area contributed by atoms with Crippen LogP contribution in [0, 0.1) is 0 Å². The minimum absolute atomic E-state index is 0.743. The van der Waals surface area contributed by atoms with Gasteiger partial charge in [-0.05, 0) is 20.4 Å². The minimum atomic E-state index is 0.743. The summed E-state index contributed by atoms with van der Waals surface area (Å²) < 4.78 is 0. The maximum Gasteiger partial charge on any atom is 0.0345 e. The number of likely N-dealkylation sites (N-methyl/N-ethyl adjacent to an activating group) is 1. The van der Waals surface area contributed by atoms with Gasteiger partial charge in [0.15, 0.2) is 0 Å². The Labute approximate surface area is 63.6 Å². The molecule has 0 bridgehead atoms. The molecule has 0 radical (unpaired) electrons. The SMILES string of the molecule is CCC(C)N(C)C1CNC1. The van der Waals surface area contributed by atoms with Crippen molar-refractivity contribution in [2.24, 2.45) is 0 Å². The summed E-state index contributed by atoms with van der Waals surface area (Å²) in [6.45, 7) is 6.90. The molecule has 0 aromatic heterocycles. The molecule has 1 heterocycles. The Hall–Kier alpha value is -0.0800. The number of nitrogens with zero attached hydrogens (tertiary/aromatic N) is 1. The van der Waals surface area contributed by atoms with Gasteiger partial charge in [0.25, 0.3) is 0 Å². The fourth-order valence-corrected chi connectivity index (χ4v) is 1.21. The topological polar surface area (TPSA) is 15.3 Å². The highest BCUT2D eigenvalue weighted by atomic mass is 15.2. The smallest absolute Gasteiger partial charge is 0.0345 e.